The highest BCUT2D eigenvalue weighted by molar-refractivity contribution is 5.72. The molecule has 0 aromatic rings. The fraction of sp³-hybridized carbons (Fsp3) is 0.933. The van der Waals surface area contributed by atoms with Crippen molar-refractivity contribution in [3.8, 4) is 0 Å². The highest BCUT2D eigenvalue weighted by Crippen LogP contribution is 2.72. The topological polar surface area (TPSA) is 52.3 Å². The van der Waals surface area contributed by atoms with Crippen molar-refractivity contribution < 1.29 is 9.53 Å². The van der Waals surface area contributed by atoms with Crippen molar-refractivity contribution in [2.24, 2.45) is 46.7 Å². The first-order valence-corrected chi connectivity index (χ1v) is 7.59. The lowest BCUT2D eigenvalue weighted by Gasteiger charge is -2.44. The van der Waals surface area contributed by atoms with Gasteiger partial charge in [-0.2, -0.15) is 0 Å². The van der Waals surface area contributed by atoms with Crippen molar-refractivity contribution in [1.29, 1.82) is 0 Å². The zero-order chi connectivity index (χ0) is 12.1. The van der Waals surface area contributed by atoms with Crippen molar-refractivity contribution in [3.05, 3.63) is 0 Å². The second-order valence-electron chi connectivity index (χ2n) is 7.72. The first kappa shape index (κ1) is 10.2. The molecule has 1 heterocycles. The van der Waals surface area contributed by atoms with Crippen molar-refractivity contribution in [2.75, 3.05) is 6.61 Å². The van der Waals surface area contributed by atoms with Crippen LogP contribution in [-0.4, -0.2) is 18.6 Å². The third kappa shape index (κ3) is 0.974. The van der Waals surface area contributed by atoms with Crippen LogP contribution < -0.4 is 5.73 Å². The Morgan fingerprint density at radius 1 is 1.17 bits per heavy atom. The number of nitrogens with two attached hydrogens (primary N) is 1. The van der Waals surface area contributed by atoms with E-state index in [2.05, 4.69) is 0 Å². The van der Waals surface area contributed by atoms with Gasteiger partial charge in [0, 0.05) is 11.5 Å². The zero-order valence-corrected chi connectivity index (χ0v) is 10.7. The highest BCUT2D eigenvalue weighted by Gasteiger charge is 2.69. The quantitative estimate of drug-likeness (QED) is 0.522. The van der Waals surface area contributed by atoms with Gasteiger partial charge in [0.25, 0.3) is 0 Å². The van der Waals surface area contributed by atoms with Crippen molar-refractivity contribution in [3.63, 3.8) is 0 Å². The van der Waals surface area contributed by atoms with E-state index in [1.165, 1.54) is 25.7 Å². The summed E-state index contributed by atoms with van der Waals surface area (Å²) in [6, 6.07) is 0.480. The molecule has 4 aliphatic carbocycles. The number of carbonyl (C=O) groups excluding carboxylic acids is 1. The van der Waals surface area contributed by atoms with E-state index in [0.29, 0.717) is 12.5 Å². The van der Waals surface area contributed by atoms with Gasteiger partial charge in [0.1, 0.15) is 0 Å². The highest BCUT2D eigenvalue weighted by atomic mass is 16.5. The summed E-state index contributed by atoms with van der Waals surface area (Å²) in [5, 5.41) is 0. The molecule has 1 saturated heterocycles. The van der Waals surface area contributed by atoms with Crippen LogP contribution in [0.5, 0.6) is 0 Å². The van der Waals surface area contributed by atoms with Gasteiger partial charge in [-0.15, -0.1) is 0 Å². The van der Waals surface area contributed by atoms with Gasteiger partial charge < -0.3 is 10.5 Å². The van der Waals surface area contributed by atoms with E-state index in [4.69, 9.17) is 10.5 Å². The maximum Gasteiger partial charge on any atom is 0.306 e. The van der Waals surface area contributed by atoms with Gasteiger partial charge in [0.05, 0.1) is 13.0 Å². The van der Waals surface area contributed by atoms with Crippen molar-refractivity contribution in [2.45, 2.75) is 38.1 Å². The summed E-state index contributed by atoms with van der Waals surface area (Å²) < 4.78 is 5.33. The Balaban J connectivity index is 1.52. The molecule has 98 valence electrons. The van der Waals surface area contributed by atoms with Crippen LogP contribution in [0.15, 0.2) is 0 Å². The number of rotatable bonds is 0. The lowest BCUT2D eigenvalue weighted by atomic mass is 9.60. The zero-order valence-electron chi connectivity index (χ0n) is 10.7. The molecule has 5 rings (SSSR count). The second kappa shape index (κ2) is 2.95. The van der Waals surface area contributed by atoms with E-state index in [-0.39, 0.29) is 11.4 Å². The molecular formula is C15H21NO2. The summed E-state index contributed by atoms with van der Waals surface area (Å²) in [5.74, 6) is 5.17. The molecule has 1 spiro atoms. The molecule has 2 N–H and O–H groups in total. The Morgan fingerprint density at radius 3 is 2.83 bits per heavy atom. The molecule has 5 fully saturated rings. The minimum atomic E-state index is 0.0546. The molecule has 0 aromatic heterocycles. The predicted molar refractivity (Wildman–Crippen MR) is 65.4 cm³/mol. The Morgan fingerprint density at radius 2 is 2.06 bits per heavy atom. The lowest BCUT2D eigenvalue weighted by Crippen LogP contribution is -2.45. The normalized spacial score (nSPS) is 63.8. The molecule has 3 heteroatoms. The fourth-order valence-electron chi connectivity index (χ4n) is 6.94. The maximum atomic E-state index is 11.5. The monoisotopic (exact) mass is 247 g/mol. The number of ether oxygens (including phenoxy) is 1. The van der Waals surface area contributed by atoms with Gasteiger partial charge in [-0.25, -0.2) is 0 Å². The van der Waals surface area contributed by atoms with Crippen LogP contribution in [0.1, 0.15) is 32.1 Å². The van der Waals surface area contributed by atoms with Gasteiger partial charge in [0.2, 0.25) is 0 Å². The standard InChI is InChI=1S/C15H21NO2/c16-11-3-7-1-9(11)13-8-2-10(14(7)13)15(4-8)5-12(17)18-6-15/h7-11,13-14H,1-6,16H2/t7?,8?,9?,10?,11?,13-,14?,15?/m0/s1. The molecule has 3 nitrogen and oxygen atoms in total. The smallest absolute Gasteiger partial charge is 0.306 e. The summed E-state index contributed by atoms with van der Waals surface area (Å²) in [6.07, 6.45) is 5.96. The minimum absolute atomic E-state index is 0.0546. The molecule has 0 aromatic carbocycles. The largest absolute Gasteiger partial charge is 0.465 e. The van der Waals surface area contributed by atoms with Gasteiger partial charge in [-0.1, -0.05) is 0 Å². The lowest BCUT2D eigenvalue weighted by molar-refractivity contribution is -0.137. The number of fused-ring (bicyclic) bond motifs is 10. The van der Waals surface area contributed by atoms with Gasteiger partial charge >= 0.3 is 5.97 Å². The Bertz CT molecular complexity index is 436. The van der Waals surface area contributed by atoms with Crippen LogP contribution in [-0.2, 0) is 9.53 Å². The molecule has 4 bridgehead atoms. The Labute approximate surface area is 107 Å². The minimum Gasteiger partial charge on any atom is -0.465 e. The number of hydrogen-bond acceptors (Lipinski definition) is 3. The second-order valence-corrected chi connectivity index (χ2v) is 7.72. The van der Waals surface area contributed by atoms with E-state index in [1.54, 1.807) is 0 Å². The molecule has 8 atom stereocenters. The van der Waals surface area contributed by atoms with Crippen LogP contribution in [0.25, 0.3) is 0 Å². The van der Waals surface area contributed by atoms with Crippen LogP contribution in [0.3, 0.4) is 0 Å². The summed E-state index contributed by atoms with van der Waals surface area (Å²) >= 11 is 0. The Kier molecular flexibility index (Phi) is 1.68. The van der Waals surface area contributed by atoms with E-state index in [0.717, 1.165) is 42.1 Å². The van der Waals surface area contributed by atoms with Crippen molar-refractivity contribution >= 4 is 5.97 Å². The van der Waals surface area contributed by atoms with Crippen LogP contribution in [0.4, 0.5) is 0 Å². The molecule has 18 heavy (non-hydrogen) atoms. The summed E-state index contributed by atoms with van der Waals surface area (Å²) in [4.78, 5) is 11.5. The van der Waals surface area contributed by atoms with E-state index in [9.17, 15) is 4.79 Å². The van der Waals surface area contributed by atoms with Gasteiger partial charge in [-0.3, -0.25) is 4.79 Å². The van der Waals surface area contributed by atoms with E-state index in [1.807, 2.05) is 0 Å². The first-order valence-electron chi connectivity index (χ1n) is 7.59. The molecule has 5 aliphatic rings. The molecule has 4 saturated carbocycles. The molecule has 7 unspecified atom stereocenters. The molecule has 0 amide bonds. The van der Waals surface area contributed by atoms with E-state index >= 15 is 0 Å². The van der Waals surface area contributed by atoms with Crippen LogP contribution in [0, 0.1) is 40.9 Å². The third-order valence-corrected chi connectivity index (χ3v) is 7.22. The average Bonchev–Trinajstić information content (AvgIpc) is 3.04. The first-order chi connectivity index (χ1) is 8.68. The molecular weight excluding hydrogens is 226 g/mol. The number of esters is 1. The van der Waals surface area contributed by atoms with Gasteiger partial charge in [0.15, 0.2) is 0 Å². The SMILES string of the molecule is NC1CC2CC1[C@@H]1C3CC(C21)C1(COC(=O)C1)C3. The van der Waals surface area contributed by atoms with Gasteiger partial charge in [-0.05, 0) is 61.2 Å². The summed E-state index contributed by atoms with van der Waals surface area (Å²) in [7, 11) is 0. The fourth-order valence-corrected chi connectivity index (χ4v) is 6.94. The maximum absolute atomic E-state index is 11.5. The van der Waals surface area contributed by atoms with Crippen LogP contribution in [0.2, 0.25) is 0 Å². The van der Waals surface area contributed by atoms with Crippen LogP contribution >= 0.6 is 0 Å². The third-order valence-electron chi connectivity index (χ3n) is 7.22. The average molecular weight is 247 g/mol. The predicted octanol–water partition coefficient (Wildman–Crippen LogP) is 1.56. The number of cyclic esters (lactones) is 1. The number of hydrogen-bond donors (Lipinski definition) is 1. The number of carbonyl (C=O) groups is 1. The van der Waals surface area contributed by atoms with Crippen molar-refractivity contribution in [1.82, 2.24) is 0 Å². The molecule has 0 radical (unpaired) electrons. The van der Waals surface area contributed by atoms with E-state index < -0.39 is 0 Å². The Hall–Kier alpha value is -0.570. The molecule has 1 aliphatic heterocycles. The summed E-state index contributed by atoms with van der Waals surface area (Å²) in [6.45, 7) is 0.722. The summed E-state index contributed by atoms with van der Waals surface area (Å²) in [5.41, 5.74) is 6.54.